The van der Waals surface area contributed by atoms with Crippen molar-refractivity contribution in [1.82, 2.24) is 0 Å². The van der Waals surface area contributed by atoms with Crippen molar-refractivity contribution in [3.05, 3.63) is 0 Å². The molecule has 0 saturated heterocycles. The molecule has 0 bridgehead atoms. The van der Waals surface area contributed by atoms with Crippen LogP contribution >= 0.6 is 7.26 Å². The van der Waals surface area contributed by atoms with Crippen LogP contribution in [0, 0.1) is 0 Å². The average Bonchev–Trinajstić information content (AvgIpc) is 3.26. The molecule has 0 unspecified atom stereocenters. The summed E-state index contributed by atoms with van der Waals surface area (Å²) in [6.45, 7) is 9.37. The minimum atomic E-state index is -1.18. The van der Waals surface area contributed by atoms with Crippen LogP contribution in [0.25, 0.3) is 0 Å². The Balaban J connectivity index is 4.71. The summed E-state index contributed by atoms with van der Waals surface area (Å²) in [5.41, 5.74) is 0. The Labute approximate surface area is 385 Å². The minimum absolute atomic E-state index is 1.18. The molecule has 0 radical (unpaired) electrons. The molecule has 0 aromatic rings. The summed E-state index contributed by atoms with van der Waals surface area (Å²) in [5, 5.41) is 0. The van der Waals surface area contributed by atoms with Crippen LogP contribution < -0.4 is 0 Å². The first-order valence-corrected chi connectivity index (χ1v) is 32.6. The van der Waals surface area contributed by atoms with Crippen molar-refractivity contribution in [1.29, 1.82) is 0 Å². The van der Waals surface area contributed by atoms with Crippen LogP contribution in [-0.2, 0) is 0 Å². The van der Waals surface area contributed by atoms with Gasteiger partial charge in [-0.05, 0) is 0 Å². The molecule has 364 valence electrons. The van der Waals surface area contributed by atoms with E-state index in [9.17, 15) is 0 Å². The fraction of sp³-hybridized carbons (Fsp3) is 1.00. The first-order valence-electron chi connectivity index (χ1n) is 29.7. The molecule has 0 amide bonds. The van der Waals surface area contributed by atoms with E-state index in [4.69, 9.17) is 0 Å². The number of hydrogen-bond acceptors (Lipinski definition) is 0. The Hall–Kier alpha value is 0.430. The van der Waals surface area contributed by atoms with Crippen LogP contribution in [0.5, 0.6) is 0 Å². The number of hydrogen-bond donors (Lipinski definition) is 0. The molecule has 0 saturated carbocycles. The van der Waals surface area contributed by atoms with E-state index in [2.05, 4.69) is 27.7 Å². The summed E-state index contributed by atoms with van der Waals surface area (Å²) in [6.07, 6.45) is 83.0. The molecule has 0 aromatic carbocycles. The van der Waals surface area contributed by atoms with Crippen molar-refractivity contribution in [2.24, 2.45) is 0 Å². The van der Waals surface area contributed by atoms with Gasteiger partial charge in [0.2, 0.25) is 0 Å². The minimum Gasteiger partial charge on any atom is -0.0654 e. The van der Waals surface area contributed by atoms with Crippen molar-refractivity contribution in [2.45, 2.75) is 355 Å². The second kappa shape index (κ2) is 53.8. The quantitative estimate of drug-likeness (QED) is 0.0422. The van der Waals surface area contributed by atoms with E-state index in [0.717, 1.165) is 0 Å². The third-order valence-corrected chi connectivity index (χ3v) is 20.6. The molecule has 1 heteroatoms. The van der Waals surface area contributed by atoms with E-state index in [0.29, 0.717) is 0 Å². The molecule has 0 nitrogen and oxygen atoms in total. The zero-order valence-electron chi connectivity index (χ0n) is 43.4. The fourth-order valence-corrected chi connectivity index (χ4v) is 16.1. The van der Waals surface area contributed by atoms with Gasteiger partial charge >= 0.3 is 289 Å². The van der Waals surface area contributed by atoms with Gasteiger partial charge in [0.1, 0.15) is 0 Å². The first-order chi connectivity index (χ1) is 29.7. The molecule has 0 aliphatic heterocycles. The van der Waals surface area contributed by atoms with Crippen molar-refractivity contribution < 1.29 is 0 Å². The predicted molar refractivity (Wildman–Crippen MR) is 286 cm³/mol. The molecule has 0 heterocycles. The van der Waals surface area contributed by atoms with Crippen molar-refractivity contribution in [2.75, 3.05) is 24.6 Å². The maximum absolute atomic E-state index is 2.38. The van der Waals surface area contributed by atoms with Crippen molar-refractivity contribution in [3.63, 3.8) is 0 Å². The van der Waals surface area contributed by atoms with Gasteiger partial charge in [0.05, 0.1) is 0 Å². The smallest absolute Gasteiger partial charge is 0.0654 e. The SMILES string of the molecule is CCCCCCCCCCCCCCCCC[PH](CCCCCCCC)(CCCCCCCCCCCCCCCCC)CCCCCCCCCCCCCCCCC. The third-order valence-electron chi connectivity index (χ3n) is 15.0. The van der Waals surface area contributed by atoms with E-state index in [-0.39, 0.29) is 0 Å². The van der Waals surface area contributed by atoms with Crippen LogP contribution in [0.3, 0.4) is 0 Å². The molecule has 0 aromatic heterocycles. The van der Waals surface area contributed by atoms with Gasteiger partial charge in [-0.1, -0.05) is 97.8 Å². The van der Waals surface area contributed by atoms with Gasteiger partial charge in [-0.3, -0.25) is 0 Å². The van der Waals surface area contributed by atoms with Gasteiger partial charge in [0.15, 0.2) is 0 Å². The Bertz CT molecular complexity index is 645. The molecule has 0 rings (SSSR count). The monoisotopic (exact) mass is 863 g/mol. The standard InChI is InChI=1S/C59H123P/c1-5-9-13-17-21-24-27-30-33-36-39-42-45-49-53-57-60(56-52-48-20-16-12-8-4,58-54-50-46-43-40-37-34-31-28-25-22-18-14-10-6-2)59-55-51-47-44-41-38-35-32-29-26-23-19-15-11-7-3/h60H,5-59H2,1-4H3. The molecule has 0 atom stereocenters. The van der Waals surface area contributed by atoms with E-state index in [1.807, 2.05) is 0 Å². The van der Waals surface area contributed by atoms with Gasteiger partial charge in [0, 0.05) is 0 Å². The topological polar surface area (TPSA) is 0 Å². The molecule has 0 N–H and O–H groups in total. The van der Waals surface area contributed by atoms with Gasteiger partial charge in [0.25, 0.3) is 0 Å². The molecular formula is C59H123P. The molecule has 0 aliphatic carbocycles. The summed E-state index contributed by atoms with van der Waals surface area (Å²) in [7, 11) is -1.18. The summed E-state index contributed by atoms with van der Waals surface area (Å²) >= 11 is 0. The summed E-state index contributed by atoms with van der Waals surface area (Å²) in [6, 6.07) is 0. The number of unbranched alkanes of at least 4 members (excludes halogenated alkanes) is 47. The third kappa shape index (κ3) is 47.9. The van der Waals surface area contributed by atoms with Crippen LogP contribution in [0.2, 0.25) is 0 Å². The summed E-state index contributed by atoms with van der Waals surface area (Å²) in [4.78, 5) is 0. The summed E-state index contributed by atoms with van der Waals surface area (Å²) in [5.74, 6) is 0. The molecule has 0 fully saturated rings. The van der Waals surface area contributed by atoms with Gasteiger partial charge in [-0.15, -0.1) is 0 Å². The van der Waals surface area contributed by atoms with E-state index < -0.39 is 7.26 Å². The maximum atomic E-state index is 2.38. The molecular weight excluding hydrogens is 740 g/mol. The predicted octanol–water partition coefficient (Wildman–Crippen LogP) is 22.7. The normalized spacial score (nSPS) is 12.3. The van der Waals surface area contributed by atoms with Crippen LogP contribution in [0.1, 0.15) is 355 Å². The summed E-state index contributed by atoms with van der Waals surface area (Å²) < 4.78 is 0. The van der Waals surface area contributed by atoms with E-state index >= 15 is 0 Å². The Morgan fingerprint density at radius 1 is 0.133 bits per heavy atom. The Morgan fingerprint density at radius 3 is 0.350 bits per heavy atom. The van der Waals surface area contributed by atoms with Crippen LogP contribution in [0.15, 0.2) is 0 Å². The van der Waals surface area contributed by atoms with Crippen LogP contribution in [0.4, 0.5) is 0 Å². The number of rotatable bonds is 55. The molecule has 0 aliphatic rings. The second-order valence-corrected chi connectivity index (χ2v) is 26.1. The van der Waals surface area contributed by atoms with Crippen molar-refractivity contribution >= 4 is 7.26 Å². The van der Waals surface area contributed by atoms with Crippen molar-refractivity contribution in [3.8, 4) is 0 Å². The van der Waals surface area contributed by atoms with E-state index in [1.165, 1.54) is 283 Å². The average molecular weight is 864 g/mol. The Morgan fingerprint density at radius 2 is 0.233 bits per heavy atom. The second-order valence-electron chi connectivity index (χ2n) is 21.1. The molecule has 0 spiro atoms. The van der Waals surface area contributed by atoms with Gasteiger partial charge in [-0.25, -0.2) is 0 Å². The molecule has 60 heavy (non-hydrogen) atoms. The van der Waals surface area contributed by atoms with Gasteiger partial charge in [-0.2, -0.15) is 0 Å². The zero-order valence-corrected chi connectivity index (χ0v) is 44.4. The van der Waals surface area contributed by atoms with E-state index in [1.54, 1.807) is 69.6 Å². The Kier molecular flexibility index (Phi) is 54.2. The first kappa shape index (κ1) is 60.4. The van der Waals surface area contributed by atoms with Gasteiger partial charge < -0.3 is 0 Å². The zero-order chi connectivity index (χ0) is 43.4. The fourth-order valence-electron chi connectivity index (χ4n) is 10.6. The van der Waals surface area contributed by atoms with Crippen LogP contribution in [-0.4, -0.2) is 24.6 Å².